The second-order valence-corrected chi connectivity index (χ2v) is 5.60. The summed E-state index contributed by atoms with van der Waals surface area (Å²) < 4.78 is 0. The van der Waals surface area contributed by atoms with Gasteiger partial charge >= 0.3 is 0 Å². The van der Waals surface area contributed by atoms with E-state index in [0.29, 0.717) is 27.5 Å². The Balaban J connectivity index is 2.22. The van der Waals surface area contributed by atoms with Gasteiger partial charge in [-0.1, -0.05) is 29.8 Å². The van der Waals surface area contributed by atoms with Crippen molar-refractivity contribution in [2.45, 2.75) is 0 Å². The van der Waals surface area contributed by atoms with Crippen molar-refractivity contribution in [3.05, 3.63) is 90.7 Å². The fraction of sp³-hybridized carbons (Fsp3) is 0.0625. The van der Waals surface area contributed by atoms with E-state index in [1.807, 2.05) is 0 Å². The Morgan fingerprint density at radius 3 is 2.56 bits per heavy atom. The van der Waals surface area contributed by atoms with E-state index in [1.165, 1.54) is 18.2 Å². The zero-order valence-corrected chi connectivity index (χ0v) is 13.4. The van der Waals surface area contributed by atoms with E-state index in [2.05, 4.69) is 10.3 Å². The molecule has 9 heteroatoms. The molecule has 0 aliphatic carbocycles. The number of anilines is 1. The highest BCUT2D eigenvalue weighted by molar-refractivity contribution is 6.36. The molecule has 0 saturated carbocycles. The van der Waals surface area contributed by atoms with Crippen molar-refractivity contribution in [1.29, 1.82) is 0 Å². The van der Waals surface area contributed by atoms with Crippen molar-refractivity contribution in [3.63, 3.8) is 0 Å². The van der Waals surface area contributed by atoms with E-state index in [1.54, 1.807) is 24.3 Å². The van der Waals surface area contributed by atoms with E-state index < -0.39 is 9.85 Å². The Kier molecular flexibility index (Phi) is 4.44. The minimum atomic E-state index is -0.580. The van der Waals surface area contributed by atoms with Gasteiger partial charge in [0.1, 0.15) is 5.70 Å². The standard InChI is InChI=1S/C16H11ClN4O4/c17-14-4-2-1-3-12(14)16-13-7-11(21(24)25)5-6-15(13)19-10(8-18-16)9-20(22)23/h1-7,9,19H,8H2/b10-9-. The lowest BCUT2D eigenvalue weighted by Crippen LogP contribution is -2.07. The molecule has 0 unspecified atom stereocenters. The van der Waals surface area contributed by atoms with Gasteiger partial charge in [0.05, 0.1) is 22.1 Å². The topological polar surface area (TPSA) is 111 Å². The van der Waals surface area contributed by atoms with Gasteiger partial charge in [0, 0.05) is 34.0 Å². The van der Waals surface area contributed by atoms with Crippen LogP contribution in [0.2, 0.25) is 5.02 Å². The average molecular weight is 359 g/mol. The highest BCUT2D eigenvalue weighted by atomic mass is 35.5. The SMILES string of the molecule is O=[N+]([O-])/C=C1/CN=C(c2ccccc2Cl)c2cc([N+](=O)[O-])ccc2N1. The van der Waals surface area contributed by atoms with Gasteiger partial charge in [-0.25, -0.2) is 0 Å². The second kappa shape index (κ2) is 6.70. The van der Waals surface area contributed by atoms with Crippen LogP contribution < -0.4 is 5.32 Å². The lowest BCUT2D eigenvalue weighted by Gasteiger charge is -2.11. The molecular formula is C16H11ClN4O4. The number of hydrogen-bond donors (Lipinski definition) is 1. The third-order valence-electron chi connectivity index (χ3n) is 3.56. The number of benzene rings is 2. The first kappa shape index (κ1) is 16.6. The molecule has 0 spiro atoms. The van der Waals surface area contributed by atoms with Crippen LogP contribution in [0.25, 0.3) is 0 Å². The minimum absolute atomic E-state index is 0.0179. The Labute approximate surface area is 146 Å². The van der Waals surface area contributed by atoms with Crippen molar-refractivity contribution in [3.8, 4) is 0 Å². The van der Waals surface area contributed by atoms with Gasteiger partial charge < -0.3 is 5.32 Å². The molecule has 0 amide bonds. The monoisotopic (exact) mass is 358 g/mol. The Morgan fingerprint density at radius 1 is 1.12 bits per heavy atom. The lowest BCUT2D eigenvalue weighted by molar-refractivity contribution is -0.403. The number of aliphatic imine (C=N–C) groups is 1. The molecule has 0 saturated heterocycles. The van der Waals surface area contributed by atoms with Gasteiger partial charge in [-0.15, -0.1) is 0 Å². The number of nitrogens with zero attached hydrogens (tertiary/aromatic N) is 3. The van der Waals surface area contributed by atoms with Crippen molar-refractivity contribution < 1.29 is 9.85 Å². The van der Waals surface area contributed by atoms with Crippen LogP contribution in [0.4, 0.5) is 11.4 Å². The number of nitro benzene ring substituents is 1. The summed E-state index contributed by atoms with van der Waals surface area (Å²) in [6, 6.07) is 11.2. The zero-order chi connectivity index (χ0) is 18.0. The summed E-state index contributed by atoms with van der Waals surface area (Å²) in [4.78, 5) is 25.2. The maximum atomic E-state index is 11.1. The van der Waals surface area contributed by atoms with Crippen LogP contribution in [0.3, 0.4) is 0 Å². The van der Waals surface area contributed by atoms with Crippen LogP contribution in [0.15, 0.2) is 59.4 Å². The summed E-state index contributed by atoms with van der Waals surface area (Å²) in [6.07, 6.45) is 0.824. The Bertz CT molecular complexity index is 939. The molecule has 2 aromatic rings. The van der Waals surface area contributed by atoms with Gasteiger partial charge in [0.2, 0.25) is 0 Å². The van der Waals surface area contributed by atoms with Crippen molar-refractivity contribution in [1.82, 2.24) is 0 Å². The average Bonchev–Trinajstić information content (AvgIpc) is 2.73. The Morgan fingerprint density at radius 2 is 1.88 bits per heavy atom. The maximum Gasteiger partial charge on any atom is 0.270 e. The molecule has 0 aromatic heterocycles. The van der Waals surface area contributed by atoms with E-state index in [-0.39, 0.29) is 17.9 Å². The molecule has 0 bridgehead atoms. The molecule has 126 valence electrons. The first-order valence-corrected chi connectivity index (χ1v) is 7.53. The highest BCUT2D eigenvalue weighted by Gasteiger charge is 2.22. The molecular weight excluding hydrogens is 348 g/mol. The third kappa shape index (κ3) is 3.48. The number of nitro groups is 2. The number of rotatable bonds is 3. The summed E-state index contributed by atoms with van der Waals surface area (Å²) in [5.41, 5.74) is 2.12. The zero-order valence-electron chi connectivity index (χ0n) is 12.7. The van der Waals surface area contributed by atoms with Crippen LogP contribution in [-0.2, 0) is 0 Å². The molecule has 1 N–H and O–H groups in total. The van der Waals surface area contributed by atoms with Crippen LogP contribution >= 0.6 is 11.6 Å². The third-order valence-corrected chi connectivity index (χ3v) is 3.89. The number of fused-ring (bicyclic) bond motifs is 1. The van der Waals surface area contributed by atoms with Crippen LogP contribution in [-0.4, -0.2) is 22.1 Å². The minimum Gasteiger partial charge on any atom is -0.352 e. The predicted molar refractivity (Wildman–Crippen MR) is 93.8 cm³/mol. The smallest absolute Gasteiger partial charge is 0.270 e. The van der Waals surface area contributed by atoms with Gasteiger partial charge in [0.25, 0.3) is 11.9 Å². The normalized spacial score (nSPS) is 14.9. The summed E-state index contributed by atoms with van der Waals surface area (Å²) in [6.45, 7) is 0.0179. The molecule has 3 rings (SSSR count). The fourth-order valence-electron chi connectivity index (χ4n) is 2.50. The van der Waals surface area contributed by atoms with E-state index in [9.17, 15) is 20.2 Å². The molecule has 1 aliphatic rings. The van der Waals surface area contributed by atoms with E-state index in [4.69, 9.17) is 11.6 Å². The number of non-ortho nitro benzene ring substituents is 1. The predicted octanol–water partition coefficient (Wildman–Crippen LogP) is 3.63. The molecule has 2 aromatic carbocycles. The molecule has 8 nitrogen and oxygen atoms in total. The maximum absolute atomic E-state index is 11.1. The van der Waals surface area contributed by atoms with Gasteiger partial charge in [-0.2, -0.15) is 0 Å². The number of benzodiazepines with no additional fused rings is 1. The summed E-state index contributed by atoms with van der Waals surface area (Å²) >= 11 is 6.24. The number of nitrogens with one attached hydrogen (secondary N) is 1. The largest absolute Gasteiger partial charge is 0.352 e. The van der Waals surface area contributed by atoms with Crippen LogP contribution in [0.5, 0.6) is 0 Å². The second-order valence-electron chi connectivity index (χ2n) is 5.20. The first-order chi connectivity index (χ1) is 12.0. The van der Waals surface area contributed by atoms with Crippen LogP contribution in [0.1, 0.15) is 11.1 Å². The van der Waals surface area contributed by atoms with Crippen molar-refractivity contribution >= 4 is 28.7 Å². The first-order valence-electron chi connectivity index (χ1n) is 7.15. The van der Waals surface area contributed by atoms with Crippen LogP contribution in [0, 0.1) is 20.2 Å². The molecule has 25 heavy (non-hydrogen) atoms. The van der Waals surface area contributed by atoms with Crippen molar-refractivity contribution in [2.24, 2.45) is 4.99 Å². The highest BCUT2D eigenvalue weighted by Crippen LogP contribution is 2.30. The molecule has 0 radical (unpaired) electrons. The van der Waals surface area contributed by atoms with Gasteiger partial charge in [-0.3, -0.25) is 25.2 Å². The summed E-state index contributed by atoms with van der Waals surface area (Å²) in [5, 5.41) is 25.2. The van der Waals surface area contributed by atoms with Crippen molar-refractivity contribution in [2.75, 3.05) is 11.9 Å². The number of hydrogen-bond acceptors (Lipinski definition) is 6. The molecule has 1 heterocycles. The lowest BCUT2D eigenvalue weighted by atomic mass is 10.00. The quantitative estimate of drug-likeness (QED) is 0.665. The molecule has 0 fully saturated rings. The molecule has 1 aliphatic heterocycles. The number of halogens is 1. The molecule has 0 atom stereocenters. The van der Waals surface area contributed by atoms with E-state index >= 15 is 0 Å². The van der Waals surface area contributed by atoms with E-state index in [0.717, 1.165) is 6.20 Å². The fourth-order valence-corrected chi connectivity index (χ4v) is 2.72. The van der Waals surface area contributed by atoms with Gasteiger partial charge in [-0.05, 0) is 12.1 Å². The Hall–Kier alpha value is -3.26. The summed E-state index contributed by atoms with van der Waals surface area (Å²) in [5.74, 6) is 0. The van der Waals surface area contributed by atoms with Gasteiger partial charge in [0.15, 0.2) is 0 Å². The summed E-state index contributed by atoms with van der Waals surface area (Å²) in [7, 11) is 0.